The highest BCUT2D eigenvalue weighted by Crippen LogP contribution is 2.18. The van der Waals surface area contributed by atoms with Crippen LogP contribution < -0.4 is 0 Å². The molecule has 0 fully saturated rings. The van der Waals surface area contributed by atoms with Gasteiger partial charge in [0.05, 0.1) is 0 Å². The lowest BCUT2D eigenvalue weighted by Crippen LogP contribution is -1.83. The molecule has 0 aliphatic carbocycles. The molecular weight excluding hydrogens is 185 g/mol. The zero-order valence-corrected chi connectivity index (χ0v) is 7.27. The summed E-state index contributed by atoms with van der Waals surface area (Å²) in [5, 5.41) is 8.73. The van der Waals surface area contributed by atoms with Crippen molar-refractivity contribution in [3.05, 3.63) is 42.2 Å². The Morgan fingerprint density at radius 3 is 2.57 bits per heavy atom. The Morgan fingerprint density at radius 2 is 2.00 bits per heavy atom. The van der Waals surface area contributed by atoms with Gasteiger partial charge >= 0.3 is 0 Å². The molecule has 0 saturated carbocycles. The molecule has 0 aliphatic rings. The SMILES string of the molecule is OCc1nc(-c2ccc(F)cc2)co1. The van der Waals surface area contributed by atoms with E-state index >= 15 is 0 Å². The molecule has 0 bridgehead atoms. The topological polar surface area (TPSA) is 46.3 Å². The minimum absolute atomic E-state index is 0.235. The van der Waals surface area contributed by atoms with Crippen LogP contribution in [0.4, 0.5) is 4.39 Å². The minimum atomic E-state index is -0.292. The van der Waals surface area contributed by atoms with Crippen LogP contribution in [0.5, 0.6) is 0 Å². The molecule has 1 aromatic heterocycles. The van der Waals surface area contributed by atoms with Gasteiger partial charge in [-0.15, -0.1) is 0 Å². The number of hydrogen-bond acceptors (Lipinski definition) is 3. The van der Waals surface area contributed by atoms with Crippen LogP contribution in [0.3, 0.4) is 0 Å². The highest BCUT2D eigenvalue weighted by Gasteiger charge is 2.04. The summed E-state index contributed by atoms with van der Waals surface area (Å²) in [6, 6.07) is 5.91. The monoisotopic (exact) mass is 193 g/mol. The van der Waals surface area contributed by atoms with Gasteiger partial charge in [0, 0.05) is 5.56 Å². The third-order valence-corrected chi connectivity index (χ3v) is 1.83. The predicted octanol–water partition coefficient (Wildman–Crippen LogP) is 1.97. The second-order valence-corrected chi connectivity index (χ2v) is 2.79. The average Bonchev–Trinajstić information content (AvgIpc) is 2.67. The van der Waals surface area contributed by atoms with Crippen LogP contribution in [-0.2, 0) is 6.61 Å². The van der Waals surface area contributed by atoms with Gasteiger partial charge in [-0.05, 0) is 24.3 Å². The molecular formula is C10H8FNO2. The number of benzene rings is 1. The number of aliphatic hydroxyl groups is 1. The fourth-order valence-corrected chi connectivity index (χ4v) is 1.14. The van der Waals surface area contributed by atoms with Crippen molar-refractivity contribution in [3.63, 3.8) is 0 Å². The molecule has 0 amide bonds. The van der Waals surface area contributed by atoms with Crippen molar-refractivity contribution in [3.8, 4) is 11.3 Å². The van der Waals surface area contributed by atoms with E-state index in [0.29, 0.717) is 5.69 Å². The largest absolute Gasteiger partial charge is 0.446 e. The summed E-state index contributed by atoms with van der Waals surface area (Å²) in [5.74, 6) is -0.0380. The van der Waals surface area contributed by atoms with Crippen molar-refractivity contribution < 1.29 is 13.9 Å². The number of oxazole rings is 1. The maximum Gasteiger partial charge on any atom is 0.220 e. The van der Waals surface area contributed by atoms with E-state index in [0.717, 1.165) is 5.56 Å². The maximum atomic E-state index is 12.6. The van der Waals surface area contributed by atoms with Gasteiger partial charge in [-0.2, -0.15) is 0 Å². The quantitative estimate of drug-likeness (QED) is 0.793. The first-order valence-electron chi connectivity index (χ1n) is 4.11. The summed E-state index contributed by atoms with van der Waals surface area (Å²) in [4.78, 5) is 3.99. The van der Waals surface area contributed by atoms with Gasteiger partial charge in [0.25, 0.3) is 0 Å². The van der Waals surface area contributed by atoms with E-state index < -0.39 is 0 Å². The highest BCUT2D eigenvalue weighted by atomic mass is 19.1. The lowest BCUT2D eigenvalue weighted by atomic mass is 10.2. The molecule has 0 unspecified atom stereocenters. The van der Waals surface area contributed by atoms with E-state index in [1.165, 1.54) is 18.4 Å². The van der Waals surface area contributed by atoms with E-state index in [9.17, 15) is 4.39 Å². The van der Waals surface area contributed by atoms with Crippen molar-refractivity contribution in [2.24, 2.45) is 0 Å². The number of aromatic nitrogens is 1. The normalized spacial score (nSPS) is 10.4. The Kier molecular flexibility index (Phi) is 2.28. The summed E-state index contributed by atoms with van der Waals surface area (Å²) in [6.45, 7) is -0.235. The van der Waals surface area contributed by atoms with E-state index in [1.807, 2.05) is 0 Å². The molecule has 3 nitrogen and oxygen atoms in total. The van der Waals surface area contributed by atoms with Crippen LogP contribution in [-0.4, -0.2) is 10.1 Å². The first kappa shape index (κ1) is 8.90. The second kappa shape index (κ2) is 3.59. The van der Waals surface area contributed by atoms with Gasteiger partial charge in [0.2, 0.25) is 5.89 Å². The molecule has 4 heteroatoms. The van der Waals surface area contributed by atoms with Gasteiger partial charge in [-0.25, -0.2) is 9.37 Å². The van der Waals surface area contributed by atoms with E-state index in [4.69, 9.17) is 9.52 Å². The smallest absolute Gasteiger partial charge is 0.220 e. The fourth-order valence-electron chi connectivity index (χ4n) is 1.14. The van der Waals surface area contributed by atoms with E-state index in [-0.39, 0.29) is 18.3 Å². The van der Waals surface area contributed by atoms with Crippen molar-refractivity contribution in [2.45, 2.75) is 6.61 Å². The Labute approximate surface area is 79.8 Å². The van der Waals surface area contributed by atoms with Crippen LogP contribution in [0, 0.1) is 5.82 Å². The van der Waals surface area contributed by atoms with Crippen molar-refractivity contribution in [2.75, 3.05) is 0 Å². The van der Waals surface area contributed by atoms with Crippen LogP contribution in [0.2, 0.25) is 0 Å². The van der Waals surface area contributed by atoms with E-state index in [1.54, 1.807) is 12.1 Å². The summed E-state index contributed by atoms with van der Waals surface area (Å²) in [5.41, 5.74) is 1.35. The standard InChI is InChI=1S/C10H8FNO2/c11-8-3-1-7(2-4-8)9-6-14-10(5-13)12-9/h1-4,6,13H,5H2. The van der Waals surface area contributed by atoms with Crippen molar-refractivity contribution >= 4 is 0 Å². The first-order valence-corrected chi connectivity index (χ1v) is 4.11. The third kappa shape index (κ3) is 1.65. The lowest BCUT2D eigenvalue weighted by molar-refractivity contribution is 0.240. The van der Waals surface area contributed by atoms with Crippen molar-refractivity contribution in [1.29, 1.82) is 0 Å². The number of hydrogen-bond donors (Lipinski definition) is 1. The minimum Gasteiger partial charge on any atom is -0.446 e. The summed E-state index contributed by atoms with van der Waals surface area (Å²) >= 11 is 0. The van der Waals surface area contributed by atoms with Crippen molar-refractivity contribution in [1.82, 2.24) is 4.98 Å². The Hall–Kier alpha value is -1.68. The van der Waals surface area contributed by atoms with Crippen LogP contribution in [0.25, 0.3) is 11.3 Å². The van der Waals surface area contributed by atoms with Gasteiger partial charge < -0.3 is 9.52 Å². The molecule has 2 rings (SSSR count). The third-order valence-electron chi connectivity index (χ3n) is 1.83. The molecule has 2 aromatic rings. The van der Waals surface area contributed by atoms with Crippen LogP contribution in [0.15, 0.2) is 34.9 Å². The molecule has 0 aliphatic heterocycles. The molecule has 0 spiro atoms. The van der Waals surface area contributed by atoms with Crippen LogP contribution >= 0.6 is 0 Å². The molecule has 72 valence electrons. The molecule has 0 saturated heterocycles. The average molecular weight is 193 g/mol. The molecule has 0 radical (unpaired) electrons. The van der Waals surface area contributed by atoms with Gasteiger partial charge in [0.1, 0.15) is 24.4 Å². The second-order valence-electron chi connectivity index (χ2n) is 2.79. The van der Waals surface area contributed by atoms with Crippen LogP contribution in [0.1, 0.15) is 5.89 Å². The van der Waals surface area contributed by atoms with Gasteiger partial charge in [-0.3, -0.25) is 0 Å². The Morgan fingerprint density at radius 1 is 1.29 bits per heavy atom. The predicted molar refractivity (Wildman–Crippen MR) is 47.8 cm³/mol. The zero-order chi connectivity index (χ0) is 9.97. The van der Waals surface area contributed by atoms with E-state index in [2.05, 4.69) is 4.98 Å². The molecule has 0 atom stereocenters. The zero-order valence-electron chi connectivity index (χ0n) is 7.27. The number of rotatable bonds is 2. The molecule has 1 N–H and O–H groups in total. The van der Waals surface area contributed by atoms with Gasteiger partial charge in [0.15, 0.2) is 0 Å². The van der Waals surface area contributed by atoms with Gasteiger partial charge in [-0.1, -0.05) is 0 Å². The first-order chi connectivity index (χ1) is 6.79. The fraction of sp³-hybridized carbons (Fsp3) is 0.100. The Balaban J connectivity index is 2.34. The highest BCUT2D eigenvalue weighted by molar-refractivity contribution is 5.57. The summed E-state index contributed by atoms with van der Waals surface area (Å²) < 4.78 is 17.5. The molecule has 1 aromatic carbocycles. The molecule has 1 heterocycles. The maximum absolute atomic E-state index is 12.6. The summed E-state index contributed by atoms with van der Waals surface area (Å²) in [6.07, 6.45) is 1.43. The molecule has 14 heavy (non-hydrogen) atoms. The number of nitrogens with zero attached hydrogens (tertiary/aromatic N) is 1. The number of aliphatic hydroxyl groups excluding tert-OH is 1. The summed E-state index contributed by atoms with van der Waals surface area (Å²) in [7, 11) is 0. The Bertz CT molecular complexity index is 422. The number of halogens is 1. The lowest BCUT2D eigenvalue weighted by Gasteiger charge is -1.93.